The van der Waals surface area contributed by atoms with E-state index in [-0.39, 0.29) is 5.92 Å². The van der Waals surface area contributed by atoms with Gasteiger partial charge in [-0.25, -0.2) is 4.72 Å². The predicted octanol–water partition coefficient (Wildman–Crippen LogP) is -0.226. The second-order valence-electron chi connectivity index (χ2n) is 4.99. The first-order chi connectivity index (χ1) is 8.49. The molecule has 1 aliphatic heterocycles. The van der Waals surface area contributed by atoms with E-state index in [1.165, 1.54) is 4.31 Å². The number of nitrogens with zero attached hydrogens (tertiary/aromatic N) is 1. The van der Waals surface area contributed by atoms with Crippen molar-refractivity contribution in [3.63, 3.8) is 0 Å². The average Bonchev–Trinajstić information content (AvgIpc) is 2.37. The summed E-state index contributed by atoms with van der Waals surface area (Å²) in [5, 5.41) is 0. The van der Waals surface area contributed by atoms with E-state index in [1.54, 1.807) is 7.11 Å². The number of piperidine rings is 1. The van der Waals surface area contributed by atoms with Gasteiger partial charge in [0.05, 0.1) is 0 Å². The highest BCUT2D eigenvalue weighted by molar-refractivity contribution is 7.87. The zero-order chi connectivity index (χ0) is 13.6. The highest BCUT2D eigenvalue weighted by atomic mass is 32.2. The molecule has 18 heavy (non-hydrogen) atoms. The van der Waals surface area contributed by atoms with Crippen LogP contribution in [-0.2, 0) is 14.9 Å². The van der Waals surface area contributed by atoms with Gasteiger partial charge in [-0.1, -0.05) is 6.92 Å². The Bertz CT molecular complexity index is 326. The lowest BCUT2D eigenvalue weighted by molar-refractivity contribution is 0.160. The van der Waals surface area contributed by atoms with Crippen molar-refractivity contribution in [2.75, 3.05) is 39.9 Å². The van der Waals surface area contributed by atoms with Gasteiger partial charge in [0.25, 0.3) is 10.2 Å². The van der Waals surface area contributed by atoms with Crippen molar-refractivity contribution >= 4 is 10.2 Å². The van der Waals surface area contributed by atoms with Gasteiger partial charge in [-0.15, -0.1) is 0 Å². The van der Waals surface area contributed by atoms with Crippen molar-refractivity contribution in [2.24, 2.45) is 17.6 Å². The van der Waals surface area contributed by atoms with E-state index in [2.05, 4.69) is 4.72 Å². The van der Waals surface area contributed by atoms with Gasteiger partial charge in [0.2, 0.25) is 0 Å². The fourth-order valence-electron chi connectivity index (χ4n) is 2.07. The molecule has 1 fully saturated rings. The van der Waals surface area contributed by atoms with Crippen molar-refractivity contribution in [1.29, 1.82) is 0 Å². The lowest BCUT2D eigenvalue weighted by Gasteiger charge is -2.30. The summed E-state index contributed by atoms with van der Waals surface area (Å²) in [6.45, 7) is 4.69. The summed E-state index contributed by atoms with van der Waals surface area (Å²) in [4.78, 5) is 0. The van der Waals surface area contributed by atoms with E-state index in [4.69, 9.17) is 10.5 Å². The Morgan fingerprint density at radius 2 is 2.06 bits per heavy atom. The number of methoxy groups -OCH3 is 1. The molecular weight excluding hydrogens is 254 g/mol. The molecule has 1 heterocycles. The largest absolute Gasteiger partial charge is 0.384 e. The van der Waals surface area contributed by atoms with Gasteiger partial charge in [-0.05, 0) is 31.2 Å². The molecule has 0 aromatic rings. The molecule has 1 rings (SSSR count). The SMILES string of the molecule is COCC(C)CNS(=O)(=O)N1CCC(CN)CC1. The minimum atomic E-state index is -3.34. The van der Waals surface area contributed by atoms with Crippen LogP contribution in [0, 0.1) is 11.8 Å². The average molecular weight is 279 g/mol. The van der Waals surface area contributed by atoms with Crippen molar-refractivity contribution in [2.45, 2.75) is 19.8 Å². The molecule has 1 aliphatic rings. The minimum Gasteiger partial charge on any atom is -0.384 e. The van der Waals surface area contributed by atoms with Crippen LogP contribution in [0.25, 0.3) is 0 Å². The maximum atomic E-state index is 12.0. The first kappa shape index (κ1) is 15.8. The van der Waals surface area contributed by atoms with Crippen LogP contribution >= 0.6 is 0 Å². The van der Waals surface area contributed by atoms with Crippen LogP contribution in [-0.4, -0.2) is 52.6 Å². The van der Waals surface area contributed by atoms with Crippen molar-refractivity contribution in [3.05, 3.63) is 0 Å². The standard InChI is InChI=1S/C11H25N3O3S/c1-10(9-17-2)8-13-18(15,16)14-5-3-11(7-12)4-6-14/h10-11,13H,3-9,12H2,1-2H3. The fourth-order valence-corrected chi connectivity index (χ4v) is 3.44. The van der Waals surface area contributed by atoms with E-state index >= 15 is 0 Å². The number of hydrogen-bond acceptors (Lipinski definition) is 4. The molecule has 0 aliphatic carbocycles. The molecule has 1 unspecified atom stereocenters. The maximum absolute atomic E-state index is 12.0. The molecule has 6 nitrogen and oxygen atoms in total. The molecule has 108 valence electrons. The van der Waals surface area contributed by atoms with Gasteiger partial charge >= 0.3 is 0 Å². The number of rotatable bonds is 7. The Hall–Kier alpha value is -0.210. The smallest absolute Gasteiger partial charge is 0.279 e. The van der Waals surface area contributed by atoms with E-state index in [0.717, 1.165) is 12.8 Å². The zero-order valence-corrected chi connectivity index (χ0v) is 12.1. The van der Waals surface area contributed by atoms with Crippen LogP contribution in [0.3, 0.4) is 0 Å². The first-order valence-corrected chi connectivity index (χ1v) is 7.87. The quantitative estimate of drug-likeness (QED) is 0.674. The maximum Gasteiger partial charge on any atom is 0.279 e. The molecule has 1 saturated heterocycles. The molecular formula is C11H25N3O3S. The van der Waals surface area contributed by atoms with Crippen LogP contribution < -0.4 is 10.5 Å². The molecule has 0 bridgehead atoms. The third kappa shape index (κ3) is 4.81. The van der Waals surface area contributed by atoms with Gasteiger partial charge in [0.15, 0.2) is 0 Å². The highest BCUT2D eigenvalue weighted by Gasteiger charge is 2.27. The zero-order valence-electron chi connectivity index (χ0n) is 11.3. The van der Waals surface area contributed by atoms with Gasteiger partial charge in [-0.3, -0.25) is 0 Å². The summed E-state index contributed by atoms with van der Waals surface area (Å²) in [6.07, 6.45) is 1.70. The summed E-state index contributed by atoms with van der Waals surface area (Å²) in [6, 6.07) is 0. The van der Waals surface area contributed by atoms with Crippen LogP contribution in [0.5, 0.6) is 0 Å². The number of nitrogens with two attached hydrogens (primary N) is 1. The molecule has 3 N–H and O–H groups in total. The number of ether oxygens (including phenoxy) is 1. The predicted molar refractivity (Wildman–Crippen MR) is 71.3 cm³/mol. The summed E-state index contributed by atoms with van der Waals surface area (Å²) < 4.78 is 33.2. The summed E-state index contributed by atoms with van der Waals surface area (Å²) in [5.41, 5.74) is 5.59. The molecule has 0 saturated carbocycles. The Morgan fingerprint density at radius 1 is 1.44 bits per heavy atom. The molecule has 7 heteroatoms. The van der Waals surface area contributed by atoms with Gasteiger partial charge < -0.3 is 10.5 Å². The Morgan fingerprint density at radius 3 is 2.56 bits per heavy atom. The van der Waals surface area contributed by atoms with Crippen molar-refractivity contribution in [1.82, 2.24) is 9.03 Å². The highest BCUT2D eigenvalue weighted by Crippen LogP contribution is 2.17. The second-order valence-corrected chi connectivity index (χ2v) is 6.75. The van der Waals surface area contributed by atoms with E-state index in [1.807, 2.05) is 6.92 Å². The van der Waals surface area contributed by atoms with Crippen LogP contribution in [0.15, 0.2) is 0 Å². The van der Waals surface area contributed by atoms with Crippen LogP contribution in [0.1, 0.15) is 19.8 Å². The molecule has 0 spiro atoms. The van der Waals surface area contributed by atoms with Gasteiger partial charge in [0, 0.05) is 33.4 Å². The molecule has 0 amide bonds. The van der Waals surface area contributed by atoms with Crippen LogP contribution in [0.4, 0.5) is 0 Å². The summed E-state index contributed by atoms with van der Waals surface area (Å²) in [7, 11) is -1.73. The Kier molecular flexibility index (Phi) is 6.51. The normalized spacial score (nSPS) is 21.1. The third-order valence-corrected chi connectivity index (χ3v) is 4.89. The van der Waals surface area contributed by atoms with E-state index < -0.39 is 10.2 Å². The number of nitrogens with one attached hydrogen (secondary N) is 1. The lowest BCUT2D eigenvalue weighted by atomic mass is 9.99. The van der Waals surface area contributed by atoms with E-state index in [9.17, 15) is 8.42 Å². The van der Waals surface area contributed by atoms with Crippen molar-refractivity contribution < 1.29 is 13.2 Å². The lowest BCUT2D eigenvalue weighted by Crippen LogP contribution is -2.46. The van der Waals surface area contributed by atoms with Gasteiger partial charge in [-0.2, -0.15) is 12.7 Å². The topological polar surface area (TPSA) is 84.7 Å². The summed E-state index contributed by atoms with van der Waals surface area (Å²) in [5.74, 6) is 0.634. The third-order valence-electron chi connectivity index (χ3n) is 3.31. The van der Waals surface area contributed by atoms with E-state index in [0.29, 0.717) is 38.7 Å². The summed E-state index contributed by atoms with van der Waals surface area (Å²) >= 11 is 0. The molecule has 0 radical (unpaired) electrons. The molecule has 0 aromatic heterocycles. The second kappa shape index (κ2) is 7.40. The minimum absolute atomic E-state index is 0.173. The fraction of sp³-hybridized carbons (Fsp3) is 1.00. The van der Waals surface area contributed by atoms with Gasteiger partial charge in [0.1, 0.15) is 0 Å². The Balaban J connectivity index is 2.40. The Labute approximate surface area is 110 Å². The molecule has 1 atom stereocenters. The monoisotopic (exact) mass is 279 g/mol. The first-order valence-electron chi connectivity index (χ1n) is 6.43. The molecule has 0 aromatic carbocycles. The van der Waals surface area contributed by atoms with Crippen LogP contribution in [0.2, 0.25) is 0 Å². The van der Waals surface area contributed by atoms with Crippen molar-refractivity contribution in [3.8, 4) is 0 Å². The number of hydrogen-bond donors (Lipinski definition) is 2.